The van der Waals surface area contributed by atoms with Crippen LogP contribution in [0.3, 0.4) is 0 Å². The molecule has 0 spiro atoms. The molecule has 78 valence electrons. The predicted octanol–water partition coefficient (Wildman–Crippen LogP) is 1.06. The zero-order chi connectivity index (χ0) is 10.4. The van der Waals surface area contributed by atoms with Gasteiger partial charge in [-0.3, -0.25) is 0 Å². The smallest absolute Gasteiger partial charge is 0.229 e. The van der Waals surface area contributed by atoms with Gasteiger partial charge in [-0.05, 0) is 12.1 Å². The molecular weight excluding hydrogens is 196 g/mol. The van der Waals surface area contributed by atoms with E-state index in [0.29, 0.717) is 6.54 Å². The summed E-state index contributed by atoms with van der Waals surface area (Å²) in [5.74, 6) is 0. The molecule has 0 unspecified atom stereocenters. The van der Waals surface area contributed by atoms with Crippen molar-refractivity contribution in [3.63, 3.8) is 0 Å². The summed E-state index contributed by atoms with van der Waals surface area (Å²) in [5.41, 5.74) is 9.53. The highest BCUT2D eigenvalue weighted by Gasteiger charge is 2.28. The first-order chi connectivity index (χ1) is 7.25. The second kappa shape index (κ2) is 2.83. The van der Waals surface area contributed by atoms with Crippen molar-refractivity contribution in [1.29, 1.82) is 0 Å². The molecule has 0 amide bonds. The van der Waals surface area contributed by atoms with E-state index in [2.05, 4.69) is 10.9 Å². The van der Waals surface area contributed by atoms with Gasteiger partial charge in [-0.2, -0.15) is 4.94 Å². The van der Waals surface area contributed by atoms with Gasteiger partial charge in [0.15, 0.2) is 0 Å². The Kier molecular flexibility index (Phi) is 1.60. The van der Waals surface area contributed by atoms with E-state index in [1.807, 2.05) is 19.2 Å². The van der Waals surface area contributed by atoms with Crippen LogP contribution in [0.15, 0.2) is 12.1 Å². The minimum absolute atomic E-state index is 0.453. The molecule has 0 saturated heterocycles. The van der Waals surface area contributed by atoms with E-state index in [1.165, 1.54) is 0 Å². The molecule has 0 saturated carbocycles. The van der Waals surface area contributed by atoms with Crippen molar-refractivity contribution in [2.24, 2.45) is 0 Å². The number of hydroxylamine groups is 1. The summed E-state index contributed by atoms with van der Waals surface area (Å²) < 4.78 is 0. The summed E-state index contributed by atoms with van der Waals surface area (Å²) in [6, 6.07) is 3.81. The van der Waals surface area contributed by atoms with Gasteiger partial charge in [-0.25, -0.2) is 10.5 Å². The lowest BCUT2D eigenvalue weighted by Crippen LogP contribution is -2.25. The number of anilines is 3. The lowest BCUT2D eigenvalue weighted by atomic mass is 10.0. The SMILES string of the molecule is CN1ONc2c1ccc1c2CC[N+](=O)N1. The molecule has 2 aliphatic heterocycles. The van der Waals surface area contributed by atoms with E-state index in [0.717, 1.165) is 33.9 Å². The number of nitroso groups, excluding NO2 is 1. The highest BCUT2D eigenvalue weighted by Crippen LogP contribution is 2.39. The fourth-order valence-electron chi connectivity index (χ4n) is 1.94. The zero-order valence-corrected chi connectivity index (χ0v) is 8.28. The van der Waals surface area contributed by atoms with Crippen LogP contribution in [0.25, 0.3) is 0 Å². The van der Waals surface area contributed by atoms with Crippen LogP contribution in [-0.2, 0) is 11.4 Å². The van der Waals surface area contributed by atoms with E-state index in [-0.39, 0.29) is 0 Å². The first-order valence-corrected chi connectivity index (χ1v) is 4.79. The first kappa shape index (κ1) is 8.49. The van der Waals surface area contributed by atoms with Crippen LogP contribution >= 0.6 is 0 Å². The normalized spacial score (nSPS) is 17.9. The Balaban J connectivity index is 2.13. The molecule has 2 heterocycles. The Hall–Kier alpha value is -1.82. The zero-order valence-electron chi connectivity index (χ0n) is 8.28. The number of fused-ring (bicyclic) bond motifs is 3. The van der Waals surface area contributed by atoms with Crippen molar-refractivity contribution in [2.75, 3.05) is 29.6 Å². The summed E-state index contributed by atoms with van der Waals surface area (Å²) in [6.07, 6.45) is 0.721. The molecule has 3 rings (SSSR count). The van der Waals surface area contributed by atoms with E-state index < -0.39 is 0 Å². The molecule has 0 radical (unpaired) electrons. The fourth-order valence-corrected chi connectivity index (χ4v) is 1.94. The molecule has 0 atom stereocenters. The summed E-state index contributed by atoms with van der Waals surface area (Å²) in [6.45, 7) is 0.453. The minimum atomic E-state index is 0.453. The average molecular weight is 207 g/mol. The monoisotopic (exact) mass is 207 g/mol. The summed E-state index contributed by atoms with van der Waals surface area (Å²) in [7, 11) is 1.83. The van der Waals surface area contributed by atoms with Crippen LogP contribution in [0.5, 0.6) is 0 Å². The van der Waals surface area contributed by atoms with Crippen molar-refractivity contribution in [2.45, 2.75) is 6.42 Å². The Labute approximate surface area is 86.3 Å². The highest BCUT2D eigenvalue weighted by molar-refractivity contribution is 5.80. The van der Waals surface area contributed by atoms with Crippen LogP contribution in [0, 0.1) is 4.91 Å². The molecule has 2 aliphatic rings. The van der Waals surface area contributed by atoms with Crippen LogP contribution < -0.4 is 16.0 Å². The Morgan fingerprint density at radius 1 is 1.53 bits per heavy atom. The molecule has 0 aromatic heterocycles. The van der Waals surface area contributed by atoms with Gasteiger partial charge < -0.3 is 0 Å². The van der Waals surface area contributed by atoms with E-state index in [4.69, 9.17) is 4.94 Å². The molecule has 0 bridgehead atoms. The number of benzene rings is 1. The Morgan fingerprint density at radius 3 is 3.27 bits per heavy atom. The van der Waals surface area contributed by atoms with Gasteiger partial charge >= 0.3 is 0 Å². The van der Waals surface area contributed by atoms with Gasteiger partial charge in [-0.15, -0.1) is 5.43 Å². The van der Waals surface area contributed by atoms with Gasteiger partial charge in [0.1, 0.15) is 10.6 Å². The average Bonchev–Trinajstić information content (AvgIpc) is 2.60. The lowest BCUT2D eigenvalue weighted by Gasteiger charge is -2.13. The molecule has 0 fully saturated rings. The fraction of sp³-hybridized carbons (Fsp3) is 0.333. The summed E-state index contributed by atoms with van der Waals surface area (Å²) in [4.78, 5) is 17.2. The van der Waals surface area contributed by atoms with Gasteiger partial charge in [-0.1, -0.05) is 0 Å². The number of nitrogens with one attached hydrogen (secondary N) is 2. The van der Waals surface area contributed by atoms with Crippen molar-refractivity contribution in [3.8, 4) is 0 Å². The summed E-state index contributed by atoms with van der Waals surface area (Å²) in [5, 5.41) is 1.67. The standard InChI is InChI=1S/C9H11N4O2/c1-12-8-3-2-7-6(9(8)11-15-12)4-5-13(14)10-7/h2-3,11H,4-5H2,1H3,(H,10,14)/q+1. The van der Waals surface area contributed by atoms with Crippen molar-refractivity contribution >= 4 is 17.1 Å². The highest BCUT2D eigenvalue weighted by atomic mass is 16.8. The van der Waals surface area contributed by atoms with E-state index >= 15 is 0 Å². The predicted molar refractivity (Wildman–Crippen MR) is 55.4 cm³/mol. The maximum Gasteiger partial charge on any atom is 0.229 e. The number of hydrogen-bond acceptors (Lipinski definition) is 4. The quantitative estimate of drug-likeness (QED) is 0.623. The number of nitrogens with zero attached hydrogens (tertiary/aromatic N) is 2. The molecule has 15 heavy (non-hydrogen) atoms. The number of hydrogen-bond donors (Lipinski definition) is 2. The minimum Gasteiger partial charge on any atom is -0.239 e. The third-order valence-electron chi connectivity index (χ3n) is 2.72. The largest absolute Gasteiger partial charge is 0.239 e. The topological polar surface area (TPSA) is 56.6 Å². The van der Waals surface area contributed by atoms with E-state index in [9.17, 15) is 4.91 Å². The second-order valence-electron chi connectivity index (χ2n) is 3.64. The molecule has 0 aliphatic carbocycles. The Morgan fingerprint density at radius 2 is 2.40 bits per heavy atom. The second-order valence-corrected chi connectivity index (χ2v) is 3.64. The first-order valence-electron chi connectivity index (χ1n) is 4.79. The molecule has 1 aromatic carbocycles. The maximum absolute atomic E-state index is 11.1. The number of hydrazine groups is 1. The van der Waals surface area contributed by atoms with Gasteiger partial charge in [0.25, 0.3) is 0 Å². The van der Waals surface area contributed by atoms with Gasteiger partial charge in [0.05, 0.1) is 16.3 Å². The van der Waals surface area contributed by atoms with Crippen LogP contribution in [0.1, 0.15) is 5.56 Å². The van der Waals surface area contributed by atoms with Crippen molar-refractivity contribution < 1.29 is 9.81 Å². The van der Waals surface area contributed by atoms with Crippen LogP contribution in [0.2, 0.25) is 0 Å². The van der Waals surface area contributed by atoms with Gasteiger partial charge in [0, 0.05) is 19.0 Å². The molecule has 6 nitrogen and oxygen atoms in total. The lowest BCUT2D eigenvalue weighted by molar-refractivity contribution is -0.520. The Bertz CT molecular complexity index is 446. The number of rotatable bonds is 0. The maximum atomic E-state index is 11.1. The van der Waals surface area contributed by atoms with Crippen LogP contribution in [-0.4, -0.2) is 18.5 Å². The molecule has 1 aromatic rings. The van der Waals surface area contributed by atoms with Crippen molar-refractivity contribution in [1.82, 2.24) is 0 Å². The molecule has 2 N–H and O–H groups in total. The third-order valence-corrected chi connectivity index (χ3v) is 2.72. The third kappa shape index (κ3) is 1.15. The van der Waals surface area contributed by atoms with Gasteiger partial charge in [0.2, 0.25) is 6.54 Å². The molecule has 6 heteroatoms. The summed E-state index contributed by atoms with van der Waals surface area (Å²) >= 11 is 0. The van der Waals surface area contributed by atoms with Crippen LogP contribution in [0.4, 0.5) is 17.1 Å². The van der Waals surface area contributed by atoms with E-state index in [1.54, 1.807) is 5.06 Å². The molecular formula is C9H11N4O2+. The van der Waals surface area contributed by atoms with Crippen molar-refractivity contribution in [3.05, 3.63) is 22.6 Å².